The highest BCUT2D eigenvalue weighted by Gasteiger charge is 2.22. The molecule has 0 saturated carbocycles. The third kappa shape index (κ3) is 6.37. The van der Waals surface area contributed by atoms with E-state index >= 15 is 0 Å². The summed E-state index contributed by atoms with van der Waals surface area (Å²) in [4.78, 5) is 15.8. The minimum atomic E-state index is 0.522. The van der Waals surface area contributed by atoms with E-state index in [1.54, 1.807) is 0 Å². The molecule has 0 saturated heterocycles. The fourth-order valence-corrected chi connectivity index (χ4v) is 9.34. The number of rotatable bonds is 6. The molecule has 0 atom stereocenters. The molecule has 0 aliphatic rings. The highest BCUT2D eigenvalue weighted by Crippen LogP contribution is 2.43. The summed E-state index contributed by atoms with van der Waals surface area (Å²) in [6, 6.07) is 71.7. The van der Waals surface area contributed by atoms with Gasteiger partial charge in [-0.1, -0.05) is 172 Å². The average Bonchev–Trinajstić information content (AvgIpc) is 4.07. The highest BCUT2D eigenvalue weighted by molar-refractivity contribution is 6.14. The van der Waals surface area contributed by atoms with Gasteiger partial charge in [0, 0.05) is 54.6 Å². The number of fused-ring (bicyclic) bond motifs is 9. The van der Waals surface area contributed by atoms with Gasteiger partial charge in [0.05, 0.1) is 11.0 Å². The Bertz CT molecular complexity index is 3920. The van der Waals surface area contributed by atoms with Gasteiger partial charge in [-0.15, -0.1) is 0 Å². The van der Waals surface area contributed by atoms with E-state index in [0.717, 1.165) is 110 Å². The van der Waals surface area contributed by atoms with Crippen LogP contribution in [0.15, 0.2) is 215 Å². The van der Waals surface area contributed by atoms with E-state index < -0.39 is 0 Å². The van der Waals surface area contributed by atoms with Gasteiger partial charge in [0.1, 0.15) is 22.3 Å². The van der Waals surface area contributed by atoms with E-state index in [1.165, 1.54) is 0 Å². The largest absolute Gasteiger partial charge is 0.456 e. The Morgan fingerprint density at radius 2 is 0.877 bits per heavy atom. The molecular weight excluding hydrogens is 797 g/mol. The predicted octanol–water partition coefficient (Wildman–Crippen LogP) is 16.1. The summed E-state index contributed by atoms with van der Waals surface area (Å²) < 4.78 is 15.2. The van der Waals surface area contributed by atoms with Crippen molar-refractivity contribution in [1.82, 2.24) is 19.5 Å². The number of aromatic nitrogens is 4. The molecule has 0 spiro atoms. The quantitative estimate of drug-likeness (QED) is 0.167. The number of para-hydroxylation sites is 5. The summed E-state index contributed by atoms with van der Waals surface area (Å²) in [5, 5.41) is 6.52. The molecule has 308 valence electrons. The fourth-order valence-electron chi connectivity index (χ4n) is 9.34. The molecule has 0 unspecified atom stereocenters. The van der Waals surface area contributed by atoms with Crippen LogP contribution < -0.4 is 0 Å². The first-order valence-electron chi connectivity index (χ1n) is 22.1. The van der Waals surface area contributed by atoms with Crippen LogP contribution in [-0.4, -0.2) is 19.5 Å². The molecule has 4 aromatic heterocycles. The van der Waals surface area contributed by atoms with E-state index in [0.29, 0.717) is 17.6 Å². The van der Waals surface area contributed by atoms with Gasteiger partial charge in [0.25, 0.3) is 0 Å². The second-order valence-corrected chi connectivity index (χ2v) is 16.0. The van der Waals surface area contributed by atoms with Crippen molar-refractivity contribution in [3.8, 4) is 62.1 Å². The summed E-state index contributed by atoms with van der Waals surface area (Å²) in [7, 11) is 0. The normalized spacial score (nSPS) is 11.5. The van der Waals surface area contributed by atoms with Gasteiger partial charge in [0.2, 0.25) is 5.95 Å². The van der Waals surface area contributed by atoms with Crippen LogP contribution in [0, 0.1) is 0 Å². The molecule has 9 aromatic carbocycles. The molecule has 6 nitrogen and oxygen atoms in total. The van der Waals surface area contributed by atoms with Crippen molar-refractivity contribution in [2.24, 2.45) is 0 Å². The summed E-state index contributed by atoms with van der Waals surface area (Å²) in [5.74, 6) is 1.65. The van der Waals surface area contributed by atoms with E-state index in [9.17, 15) is 0 Å². The maximum Gasteiger partial charge on any atom is 0.238 e. The van der Waals surface area contributed by atoms with Gasteiger partial charge in [-0.25, -0.2) is 4.98 Å². The van der Waals surface area contributed by atoms with E-state index in [4.69, 9.17) is 23.8 Å². The van der Waals surface area contributed by atoms with Gasteiger partial charge < -0.3 is 8.83 Å². The van der Waals surface area contributed by atoms with Crippen LogP contribution >= 0.6 is 0 Å². The van der Waals surface area contributed by atoms with Crippen LogP contribution in [-0.2, 0) is 0 Å². The van der Waals surface area contributed by atoms with Crippen molar-refractivity contribution in [1.29, 1.82) is 0 Å². The first-order chi connectivity index (χ1) is 32.2. The third-order valence-electron chi connectivity index (χ3n) is 12.3. The van der Waals surface area contributed by atoms with E-state index in [-0.39, 0.29) is 0 Å². The molecule has 0 radical (unpaired) electrons. The molecule has 13 rings (SSSR count). The molecule has 0 aliphatic heterocycles. The lowest BCUT2D eigenvalue weighted by Crippen LogP contribution is -2.07. The van der Waals surface area contributed by atoms with Crippen LogP contribution in [0.2, 0.25) is 0 Å². The van der Waals surface area contributed by atoms with Gasteiger partial charge >= 0.3 is 0 Å². The zero-order valence-electron chi connectivity index (χ0n) is 35.7. The standard InChI is InChI=1S/C57H34N4O2.C2H6/c1-3-15-35(16-4-1)38-31-39(33-40(32-38)42-23-14-25-48-45-21-9-12-28-51(45)63-54(42)48)41-22-13-24-47-43-19-7-10-26-49(43)61(53(41)47)57-59-55(36-17-5-2-6-18-36)58-56(60-57)37-29-30-46-44-20-8-11-27-50(44)62-52(46)34-37;1-2/h1-34H;1-2H3. The molecule has 0 bridgehead atoms. The Kier molecular flexibility index (Phi) is 9.16. The van der Waals surface area contributed by atoms with Crippen molar-refractivity contribution in [3.63, 3.8) is 0 Å². The van der Waals surface area contributed by atoms with Crippen molar-refractivity contribution in [2.45, 2.75) is 13.8 Å². The van der Waals surface area contributed by atoms with Crippen molar-refractivity contribution < 1.29 is 8.83 Å². The molecule has 6 heteroatoms. The number of furan rings is 2. The Hall–Kier alpha value is -8.61. The number of hydrogen-bond donors (Lipinski definition) is 0. The topological polar surface area (TPSA) is 69.9 Å². The number of hydrogen-bond acceptors (Lipinski definition) is 5. The molecule has 0 amide bonds. The molecular formula is C59H40N4O2. The number of benzene rings is 9. The molecule has 4 heterocycles. The van der Waals surface area contributed by atoms with Crippen molar-refractivity contribution >= 4 is 65.7 Å². The average molecular weight is 837 g/mol. The van der Waals surface area contributed by atoms with Gasteiger partial charge in [-0.05, 0) is 70.8 Å². The first-order valence-corrected chi connectivity index (χ1v) is 22.1. The zero-order valence-corrected chi connectivity index (χ0v) is 35.7. The lowest BCUT2D eigenvalue weighted by atomic mass is 9.92. The molecule has 0 aliphatic carbocycles. The first kappa shape index (κ1) is 38.1. The van der Waals surface area contributed by atoms with Gasteiger partial charge in [-0.3, -0.25) is 4.57 Å². The summed E-state index contributed by atoms with van der Waals surface area (Å²) >= 11 is 0. The minimum absolute atomic E-state index is 0.522. The fraction of sp³-hybridized carbons (Fsp3) is 0.0339. The van der Waals surface area contributed by atoms with Gasteiger partial charge in [0.15, 0.2) is 11.6 Å². The Morgan fingerprint density at radius 3 is 1.63 bits per heavy atom. The van der Waals surface area contributed by atoms with Crippen LogP contribution in [0.1, 0.15) is 13.8 Å². The van der Waals surface area contributed by atoms with Crippen LogP contribution in [0.5, 0.6) is 0 Å². The predicted molar refractivity (Wildman–Crippen MR) is 267 cm³/mol. The van der Waals surface area contributed by atoms with Crippen molar-refractivity contribution in [3.05, 3.63) is 206 Å². The maximum atomic E-state index is 6.62. The van der Waals surface area contributed by atoms with Crippen LogP contribution in [0.25, 0.3) is 128 Å². The van der Waals surface area contributed by atoms with E-state index in [2.05, 4.69) is 144 Å². The molecule has 0 fully saturated rings. The smallest absolute Gasteiger partial charge is 0.238 e. The lowest BCUT2D eigenvalue weighted by Gasteiger charge is -2.15. The molecule has 13 aromatic rings. The zero-order chi connectivity index (χ0) is 43.4. The van der Waals surface area contributed by atoms with Crippen LogP contribution in [0.3, 0.4) is 0 Å². The Morgan fingerprint density at radius 1 is 0.338 bits per heavy atom. The lowest BCUT2D eigenvalue weighted by molar-refractivity contribution is 0.669. The number of nitrogens with zero attached hydrogens (tertiary/aromatic N) is 4. The Balaban J connectivity index is 0.00000219. The van der Waals surface area contributed by atoms with Crippen molar-refractivity contribution in [2.75, 3.05) is 0 Å². The van der Waals surface area contributed by atoms with E-state index in [1.807, 2.05) is 80.6 Å². The second kappa shape index (κ2) is 15.6. The summed E-state index contributed by atoms with van der Waals surface area (Å²) in [6.07, 6.45) is 0. The van der Waals surface area contributed by atoms with Crippen LogP contribution in [0.4, 0.5) is 0 Å². The Labute approximate surface area is 374 Å². The minimum Gasteiger partial charge on any atom is -0.456 e. The molecule has 0 N–H and O–H groups in total. The van der Waals surface area contributed by atoms with Gasteiger partial charge in [-0.2, -0.15) is 9.97 Å². The third-order valence-corrected chi connectivity index (χ3v) is 12.3. The summed E-state index contributed by atoms with van der Waals surface area (Å²) in [6.45, 7) is 4.00. The molecule has 65 heavy (non-hydrogen) atoms. The highest BCUT2D eigenvalue weighted by atomic mass is 16.3. The monoisotopic (exact) mass is 836 g/mol. The summed E-state index contributed by atoms with van der Waals surface area (Å²) in [5.41, 5.74) is 13.5. The second-order valence-electron chi connectivity index (χ2n) is 16.0. The SMILES string of the molecule is CC.c1ccc(-c2cc(-c3cccc4c3oc3ccccc34)cc(-c3cccc4c5ccccc5n(-c5nc(-c6ccccc6)nc(-c6ccc7c(c6)oc6ccccc67)n5)c34)c2)cc1. The maximum absolute atomic E-state index is 6.62.